The lowest BCUT2D eigenvalue weighted by Crippen LogP contribution is -2.29. The molecule has 5 nitrogen and oxygen atoms in total. The molecule has 1 fully saturated rings. The molecule has 3 aromatic rings. The van der Waals surface area contributed by atoms with Gasteiger partial charge in [0.15, 0.2) is 0 Å². The van der Waals surface area contributed by atoms with Gasteiger partial charge in [-0.1, -0.05) is 53.6 Å². The number of nitrogens with zero attached hydrogens (tertiary/aromatic N) is 1. The molecule has 0 bridgehead atoms. The van der Waals surface area contributed by atoms with Crippen LogP contribution in [0.1, 0.15) is 28.3 Å². The molecule has 1 unspecified atom stereocenters. The van der Waals surface area contributed by atoms with Gasteiger partial charge in [0, 0.05) is 10.7 Å². The van der Waals surface area contributed by atoms with Crippen LogP contribution in [0.5, 0.6) is 5.75 Å². The van der Waals surface area contributed by atoms with E-state index in [1.165, 1.54) is 18.1 Å². The molecule has 0 radical (unpaired) electrons. The fourth-order valence-electron chi connectivity index (χ4n) is 4.04. The lowest BCUT2D eigenvalue weighted by atomic mass is 9.94. The van der Waals surface area contributed by atoms with Crippen molar-refractivity contribution in [1.82, 2.24) is 0 Å². The van der Waals surface area contributed by atoms with E-state index in [-0.39, 0.29) is 16.9 Å². The van der Waals surface area contributed by atoms with Crippen LogP contribution in [-0.4, -0.2) is 23.9 Å². The monoisotopic (exact) mass is 447 g/mol. The minimum Gasteiger partial charge on any atom is -0.507 e. The van der Waals surface area contributed by atoms with Crippen LogP contribution in [0.3, 0.4) is 0 Å². The maximum absolute atomic E-state index is 13.3. The predicted octanol–water partition coefficient (Wildman–Crippen LogP) is 5.59. The average molecular weight is 448 g/mol. The summed E-state index contributed by atoms with van der Waals surface area (Å²) in [5, 5.41) is 11.7. The molecule has 6 heteroatoms. The first-order valence-electron chi connectivity index (χ1n) is 10.1. The number of ketones is 1. The van der Waals surface area contributed by atoms with Gasteiger partial charge < -0.3 is 9.84 Å². The number of hydrogen-bond donors (Lipinski definition) is 1. The van der Waals surface area contributed by atoms with E-state index in [2.05, 4.69) is 0 Å². The number of amides is 1. The van der Waals surface area contributed by atoms with Gasteiger partial charge in [-0.15, -0.1) is 0 Å². The number of aryl methyl sites for hydroxylation is 2. The number of anilines is 1. The molecular weight excluding hydrogens is 426 g/mol. The van der Waals surface area contributed by atoms with Crippen molar-refractivity contribution in [2.24, 2.45) is 0 Å². The summed E-state index contributed by atoms with van der Waals surface area (Å²) in [6.07, 6.45) is 0. The molecule has 1 heterocycles. The molecule has 0 saturated carbocycles. The molecule has 1 saturated heterocycles. The van der Waals surface area contributed by atoms with Gasteiger partial charge in [-0.05, 0) is 55.3 Å². The van der Waals surface area contributed by atoms with Crippen molar-refractivity contribution in [1.29, 1.82) is 0 Å². The molecule has 1 amide bonds. The Morgan fingerprint density at radius 1 is 0.969 bits per heavy atom. The number of carbonyl (C=O) groups is 2. The molecule has 32 heavy (non-hydrogen) atoms. The number of methoxy groups -OCH3 is 1. The van der Waals surface area contributed by atoms with E-state index in [9.17, 15) is 14.7 Å². The van der Waals surface area contributed by atoms with Gasteiger partial charge in [0.2, 0.25) is 0 Å². The lowest BCUT2D eigenvalue weighted by molar-refractivity contribution is -0.132. The van der Waals surface area contributed by atoms with Gasteiger partial charge in [0.05, 0.1) is 24.3 Å². The highest BCUT2D eigenvalue weighted by atomic mass is 35.5. The molecule has 0 aliphatic carbocycles. The Kier molecular flexibility index (Phi) is 5.76. The van der Waals surface area contributed by atoms with Crippen LogP contribution in [-0.2, 0) is 9.59 Å². The Morgan fingerprint density at radius 2 is 1.66 bits per heavy atom. The summed E-state index contributed by atoms with van der Waals surface area (Å²) >= 11 is 6.15. The quantitative estimate of drug-likeness (QED) is 0.321. The summed E-state index contributed by atoms with van der Waals surface area (Å²) in [5.74, 6) is -1.46. The number of halogens is 1. The smallest absolute Gasteiger partial charge is 0.300 e. The van der Waals surface area contributed by atoms with E-state index < -0.39 is 17.7 Å². The van der Waals surface area contributed by atoms with Crippen molar-refractivity contribution in [3.8, 4) is 5.75 Å². The first kappa shape index (κ1) is 21.7. The number of benzene rings is 3. The number of Topliss-reactive ketones (excluding diaryl/α,β-unsaturated/α-hetero) is 1. The minimum atomic E-state index is -0.805. The highest BCUT2D eigenvalue weighted by Gasteiger charge is 2.47. The SMILES string of the molecule is COc1ccc(Cl)cc1/C(O)=C1\C(=O)C(=O)N(c2cccc(C)c2)C1c1cccc(C)c1. The fourth-order valence-corrected chi connectivity index (χ4v) is 4.21. The Hall–Kier alpha value is -3.57. The number of aliphatic hydroxyl groups is 1. The Balaban J connectivity index is 2.00. The van der Waals surface area contributed by atoms with E-state index in [0.29, 0.717) is 22.0 Å². The number of carbonyl (C=O) groups excluding carboxylic acids is 2. The zero-order chi connectivity index (χ0) is 23.0. The van der Waals surface area contributed by atoms with E-state index in [1.54, 1.807) is 18.2 Å². The van der Waals surface area contributed by atoms with Crippen LogP contribution in [0.25, 0.3) is 5.76 Å². The maximum atomic E-state index is 13.3. The maximum Gasteiger partial charge on any atom is 0.300 e. The standard InChI is InChI=1S/C26H22ClNO4/c1-15-6-4-8-17(12-15)23-22(24(29)20-14-18(27)10-11-21(20)32-3)25(30)26(31)28(23)19-9-5-7-16(2)13-19/h4-14,23,29H,1-3H3/b24-22+. The Morgan fingerprint density at radius 3 is 2.31 bits per heavy atom. The van der Waals surface area contributed by atoms with Crippen molar-refractivity contribution in [2.75, 3.05) is 12.0 Å². The third-order valence-corrected chi connectivity index (χ3v) is 5.73. The molecule has 162 valence electrons. The third-order valence-electron chi connectivity index (χ3n) is 5.50. The molecule has 1 aliphatic rings. The summed E-state index contributed by atoms with van der Waals surface area (Å²) < 4.78 is 5.37. The summed E-state index contributed by atoms with van der Waals surface area (Å²) in [4.78, 5) is 27.9. The minimum absolute atomic E-state index is 0.0114. The van der Waals surface area contributed by atoms with Crippen molar-refractivity contribution in [3.05, 3.63) is 99.6 Å². The van der Waals surface area contributed by atoms with Crippen molar-refractivity contribution in [2.45, 2.75) is 19.9 Å². The summed E-state index contributed by atoms with van der Waals surface area (Å²) in [6, 6.07) is 18.9. The van der Waals surface area contributed by atoms with Crippen LogP contribution in [0.15, 0.2) is 72.3 Å². The number of rotatable bonds is 4. The number of hydrogen-bond acceptors (Lipinski definition) is 4. The van der Waals surface area contributed by atoms with Crippen LogP contribution in [0.4, 0.5) is 5.69 Å². The Labute approximate surface area is 191 Å². The largest absolute Gasteiger partial charge is 0.507 e. The first-order chi connectivity index (χ1) is 15.3. The second-order valence-corrected chi connectivity index (χ2v) is 8.20. The summed E-state index contributed by atoms with van der Waals surface area (Å²) in [5.41, 5.74) is 3.45. The van der Waals surface area contributed by atoms with E-state index >= 15 is 0 Å². The summed E-state index contributed by atoms with van der Waals surface area (Å²) in [6.45, 7) is 3.85. The summed E-state index contributed by atoms with van der Waals surface area (Å²) in [7, 11) is 1.46. The molecule has 0 spiro atoms. The van der Waals surface area contributed by atoms with Crippen molar-refractivity contribution in [3.63, 3.8) is 0 Å². The molecule has 4 rings (SSSR count). The second kappa shape index (κ2) is 8.52. The zero-order valence-corrected chi connectivity index (χ0v) is 18.7. The van der Waals surface area contributed by atoms with Gasteiger partial charge >= 0.3 is 0 Å². The molecule has 3 aromatic carbocycles. The predicted molar refractivity (Wildman–Crippen MR) is 125 cm³/mol. The van der Waals surface area contributed by atoms with Crippen LogP contribution >= 0.6 is 11.6 Å². The van der Waals surface area contributed by atoms with E-state index in [0.717, 1.165) is 11.1 Å². The highest BCUT2D eigenvalue weighted by molar-refractivity contribution is 6.51. The van der Waals surface area contributed by atoms with Gasteiger partial charge in [-0.25, -0.2) is 0 Å². The molecule has 1 N–H and O–H groups in total. The lowest BCUT2D eigenvalue weighted by Gasteiger charge is -2.26. The fraction of sp³-hybridized carbons (Fsp3) is 0.154. The topological polar surface area (TPSA) is 66.8 Å². The van der Waals surface area contributed by atoms with Crippen LogP contribution < -0.4 is 9.64 Å². The average Bonchev–Trinajstić information content (AvgIpc) is 3.04. The van der Waals surface area contributed by atoms with Crippen LogP contribution in [0, 0.1) is 13.8 Å². The number of aliphatic hydroxyl groups excluding tert-OH is 1. The van der Waals surface area contributed by atoms with Gasteiger partial charge in [-0.2, -0.15) is 0 Å². The van der Waals surface area contributed by atoms with Crippen molar-refractivity contribution >= 4 is 34.7 Å². The van der Waals surface area contributed by atoms with Gasteiger partial charge in [-0.3, -0.25) is 14.5 Å². The van der Waals surface area contributed by atoms with Gasteiger partial charge in [0.1, 0.15) is 11.5 Å². The van der Waals surface area contributed by atoms with Crippen LogP contribution in [0.2, 0.25) is 5.02 Å². The normalized spacial score (nSPS) is 17.6. The second-order valence-electron chi connectivity index (χ2n) is 7.77. The van der Waals surface area contributed by atoms with E-state index in [1.807, 2.05) is 56.3 Å². The number of ether oxygens (including phenoxy) is 1. The highest BCUT2D eigenvalue weighted by Crippen LogP contribution is 2.43. The molecule has 1 aliphatic heterocycles. The molecular formula is C26H22ClNO4. The van der Waals surface area contributed by atoms with Gasteiger partial charge in [0.25, 0.3) is 11.7 Å². The molecule has 0 aromatic heterocycles. The molecule has 1 atom stereocenters. The first-order valence-corrected chi connectivity index (χ1v) is 10.5. The van der Waals surface area contributed by atoms with E-state index in [4.69, 9.17) is 16.3 Å². The van der Waals surface area contributed by atoms with Crippen molar-refractivity contribution < 1.29 is 19.4 Å². The zero-order valence-electron chi connectivity index (χ0n) is 17.9. The Bertz CT molecular complexity index is 1260. The third kappa shape index (κ3) is 3.76.